The SMILES string of the molecule is CC(C)[N+]1(C)C(C)CC(O)N1C=O.[I-]. The summed E-state index contributed by atoms with van der Waals surface area (Å²) < 4.78 is 0.505. The fourth-order valence-electron chi connectivity index (χ4n) is 2.09. The number of carbonyl (C=O) groups is 1. The first-order valence-corrected chi connectivity index (χ1v) is 4.72. The molecule has 14 heavy (non-hydrogen) atoms. The average Bonchev–Trinajstić information content (AvgIpc) is 2.24. The number of hydrogen-bond acceptors (Lipinski definition) is 2. The second kappa shape index (κ2) is 4.76. The van der Waals surface area contributed by atoms with Gasteiger partial charge in [0, 0.05) is 0 Å². The third-order valence-electron chi connectivity index (χ3n) is 3.40. The van der Waals surface area contributed by atoms with Gasteiger partial charge in [-0.3, -0.25) is 4.79 Å². The monoisotopic (exact) mass is 314 g/mol. The zero-order chi connectivity index (χ0) is 10.2. The smallest absolute Gasteiger partial charge is 0.258 e. The molecule has 0 aliphatic carbocycles. The highest BCUT2D eigenvalue weighted by atomic mass is 127. The van der Waals surface area contributed by atoms with E-state index >= 15 is 0 Å². The Hall–Kier alpha value is 0.120. The molecule has 1 saturated heterocycles. The molecule has 0 spiro atoms. The van der Waals surface area contributed by atoms with Crippen LogP contribution in [0.25, 0.3) is 0 Å². The van der Waals surface area contributed by atoms with Crippen molar-refractivity contribution < 1.29 is 38.5 Å². The van der Waals surface area contributed by atoms with Gasteiger partial charge in [-0.05, 0) is 20.8 Å². The van der Waals surface area contributed by atoms with Crippen LogP contribution in [-0.2, 0) is 4.79 Å². The molecule has 1 amide bonds. The van der Waals surface area contributed by atoms with E-state index in [-0.39, 0.29) is 24.0 Å². The Morgan fingerprint density at radius 1 is 1.57 bits per heavy atom. The van der Waals surface area contributed by atoms with Crippen molar-refractivity contribution in [3.05, 3.63) is 0 Å². The zero-order valence-electron chi connectivity index (χ0n) is 9.14. The molecule has 0 bridgehead atoms. The van der Waals surface area contributed by atoms with Crippen LogP contribution >= 0.6 is 0 Å². The largest absolute Gasteiger partial charge is 1.00 e. The average molecular weight is 314 g/mol. The Balaban J connectivity index is 0.00000169. The van der Waals surface area contributed by atoms with Gasteiger partial charge in [-0.2, -0.15) is 5.01 Å². The lowest BCUT2D eigenvalue weighted by Gasteiger charge is -2.42. The maximum atomic E-state index is 10.8. The van der Waals surface area contributed by atoms with E-state index in [1.165, 1.54) is 5.01 Å². The predicted octanol–water partition coefficient (Wildman–Crippen LogP) is -2.67. The molecular weight excluding hydrogens is 295 g/mol. The third kappa shape index (κ3) is 1.90. The molecule has 3 unspecified atom stereocenters. The first-order chi connectivity index (χ1) is 5.94. The number of halogens is 1. The second-order valence-electron chi connectivity index (χ2n) is 4.24. The van der Waals surface area contributed by atoms with Crippen molar-refractivity contribution in [2.45, 2.75) is 45.5 Å². The van der Waals surface area contributed by atoms with Crippen LogP contribution in [0.4, 0.5) is 0 Å². The molecule has 1 aliphatic rings. The Bertz CT molecular complexity index is 213. The number of amides is 1. The number of aliphatic hydroxyl groups excluding tert-OH is 1. The topological polar surface area (TPSA) is 40.5 Å². The minimum atomic E-state index is -0.625. The molecule has 5 heteroatoms. The Morgan fingerprint density at radius 2 is 2.07 bits per heavy atom. The van der Waals surface area contributed by atoms with E-state index in [1.807, 2.05) is 7.05 Å². The second-order valence-corrected chi connectivity index (χ2v) is 4.24. The van der Waals surface area contributed by atoms with Crippen LogP contribution < -0.4 is 24.0 Å². The van der Waals surface area contributed by atoms with E-state index in [4.69, 9.17) is 0 Å². The van der Waals surface area contributed by atoms with Crippen molar-refractivity contribution in [2.24, 2.45) is 0 Å². The molecule has 4 nitrogen and oxygen atoms in total. The molecule has 84 valence electrons. The lowest BCUT2D eigenvalue weighted by Crippen LogP contribution is -3.00. The molecule has 0 saturated carbocycles. The Labute approximate surface area is 102 Å². The van der Waals surface area contributed by atoms with E-state index < -0.39 is 6.23 Å². The molecule has 0 aromatic heterocycles. The first kappa shape index (κ1) is 14.1. The molecule has 1 fully saturated rings. The van der Waals surface area contributed by atoms with Gasteiger partial charge in [0.2, 0.25) is 0 Å². The van der Waals surface area contributed by atoms with Crippen molar-refractivity contribution in [3.63, 3.8) is 0 Å². The summed E-state index contributed by atoms with van der Waals surface area (Å²) in [6, 6.07) is 0.595. The molecule has 3 atom stereocenters. The van der Waals surface area contributed by atoms with Gasteiger partial charge in [-0.15, -0.1) is 0 Å². The molecule has 1 N–H and O–H groups in total. The van der Waals surface area contributed by atoms with Gasteiger partial charge >= 0.3 is 0 Å². The summed E-state index contributed by atoms with van der Waals surface area (Å²) in [5.74, 6) is 0. The lowest BCUT2D eigenvalue weighted by molar-refractivity contribution is -1.03. The lowest BCUT2D eigenvalue weighted by atomic mass is 10.2. The van der Waals surface area contributed by atoms with Crippen LogP contribution in [0.2, 0.25) is 0 Å². The van der Waals surface area contributed by atoms with E-state index in [2.05, 4.69) is 20.8 Å². The maximum absolute atomic E-state index is 10.8. The van der Waals surface area contributed by atoms with Gasteiger partial charge in [0.05, 0.1) is 13.5 Å². The third-order valence-corrected chi connectivity index (χ3v) is 3.40. The predicted molar refractivity (Wildman–Crippen MR) is 49.3 cm³/mol. The summed E-state index contributed by atoms with van der Waals surface area (Å²) in [4.78, 5) is 10.8. The summed E-state index contributed by atoms with van der Waals surface area (Å²) in [7, 11) is 1.99. The van der Waals surface area contributed by atoms with Crippen molar-refractivity contribution in [2.75, 3.05) is 7.05 Å². The number of carbonyl (C=O) groups excluding carboxylic acids is 1. The number of hydrogen-bond donors (Lipinski definition) is 1. The Kier molecular flexibility index (Phi) is 4.80. The quantitative estimate of drug-likeness (QED) is 0.343. The summed E-state index contributed by atoms with van der Waals surface area (Å²) >= 11 is 0. The molecular formula is C9H19IN2O2. The first-order valence-electron chi connectivity index (χ1n) is 4.72. The maximum Gasteiger partial charge on any atom is 0.258 e. The van der Waals surface area contributed by atoms with Crippen molar-refractivity contribution >= 4 is 6.41 Å². The van der Waals surface area contributed by atoms with E-state index in [0.29, 0.717) is 23.1 Å². The van der Waals surface area contributed by atoms with Crippen molar-refractivity contribution in [1.29, 1.82) is 0 Å². The normalized spacial score (nSPS) is 37.1. The van der Waals surface area contributed by atoms with Crippen molar-refractivity contribution in [1.82, 2.24) is 5.01 Å². The molecule has 1 rings (SSSR count). The van der Waals surface area contributed by atoms with Crippen molar-refractivity contribution in [3.8, 4) is 0 Å². The minimum Gasteiger partial charge on any atom is -1.00 e. The number of nitrogens with zero attached hydrogens (tertiary/aromatic N) is 2. The summed E-state index contributed by atoms with van der Waals surface area (Å²) in [5, 5.41) is 11.1. The molecule has 1 heterocycles. The summed E-state index contributed by atoms with van der Waals surface area (Å²) in [6.07, 6.45) is 0.779. The molecule has 0 radical (unpaired) electrons. The van der Waals surface area contributed by atoms with Crippen LogP contribution in [0, 0.1) is 0 Å². The number of aliphatic hydroxyl groups is 1. The van der Waals surface area contributed by atoms with E-state index in [9.17, 15) is 9.90 Å². The van der Waals surface area contributed by atoms with Gasteiger partial charge in [-0.1, -0.05) is 0 Å². The van der Waals surface area contributed by atoms with Gasteiger partial charge in [0.1, 0.15) is 12.1 Å². The van der Waals surface area contributed by atoms with E-state index in [1.54, 1.807) is 0 Å². The van der Waals surface area contributed by atoms with Crippen LogP contribution in [0.1, 0.15) is 27.2 Å². The molecule has 1 aliphatic heterocycles. The molecule has 0 aromatic rings. The highest BCUT2D eigenvalue weighted by molar-refractivity contribution is 5.45. The Morgan fingerprint density at radius 3 is 2.36 bits per heavy atom. The molecule has 0 aromatic carbocycles. The van der Waals surface area contributed by atoms with Gasteiger partial charge in [0.15, 0.2) is 6.23 Å². The van der Waals surface area contributed by atoms with Gasteiger partial charge < -0.3 is 29.1 Å². The van der Waals surface area contributed by atoms with Gasteiger partial charge in [-0.25, -0.2) is 4.59 Å². The van der Waals surface area contributed by atoms with Crippen LogP contribution in [0.15, 0.2) is 0 Å². The minimum absolute atomic E-state index is 0. The zero-order valence-corrected chi connectivity index (χ0v) is 11.3. The van der Waals surface area contributed by atoms with Crippen LogP contribution in [-0.4, -0.2) is 46.5 Å². The van der Waals surface area contributed by atoms with Crippen LogP contribution in [0.5, 0.6) is 0 Å². The number of rotatable bonds is 2. The van der Waals surface area contributed by atoms with E-state index in [0.717, 1.165) is 6.41 Å². The highest BCUT2D eigenvalue weighted by Crippen LogP contribution is 2.31. The fraction of sp³-hybridized carbons (Fsp3) is 0.889. The standard InChI is InChI=1S/C9H19N2O2.HI/c1-7(2)11(4)8(3)5-9(13)10(11)6-12;/h6-9,13H,5H2,1-4H3;1H/q+1;/p-1. The number of quaternary nitrogens is 1. The van der Waals surface area contributed by atoms with Gasteiger partial charge in [0.25, 0.3) is 6.41 Å². The highest BCUT2D eigenvalue weighted by Gasteiger charge is 2.49. The summed E-state index contributed by atoms with van der Waals surface area (Å²) in [6.45, 7) is 6.18. The summed E-state index contributed by atoms with van der Waals surface area (Å²) in [5.41, 5.74) is 0. The fourth-order valence-corrected chi connectivity index (χ4v) is 2.09. The van der Waals surface area contributed by atoms with Crippen LogP contribution in [0.3, 0.4) is 0 Å².